The predicted octanol–water partition coefficient (Wildman–Crippen LogP) is 2.50. The summed E-state index contributed by atoms with van der Waals surface area (Å²) in [6.07, 6.45) is 2.79. The van der Waals surface area contributed by atoms with Crippen molar-refractivity contribution >= 4 is 21.8 Å². The Balaban J connectivity index is 1.81. The molecule has 1 heterocycles. The van der Waals surface area contributed by atoms with Crippen molar-refractivity contribution in [3.05, 3.63) is 34.3 Å². The van der Waals surface area contributed by atoms with Gasteiger partial charge in [-0.25, -0.2) is 0 Å². The summed E-state index contributed by atoms with van der Waals surface area (Å²) >= 11 is 3.43. The largest absolute Gasteiger partial charge is 0.353 e. The summed E-state index contributed by atoms with van der Waals surface area (Å²) in [5.74, 6) is 0.403. The van der Waals surface area contributed by atoms with Gasteiger partial charge in [-0.2, -0.15) is 0 Å². The Bertz CT molecular complexity index is 413. The molecule has 19 heavy (non-hydrogen) atoms. The third kappa shape index (κ3) is 4.62. The molecule has 1 saturated heterocycles. The van der Waals surface area contributed by atoms with Gasteiger partial charge in [0.05, 0.1) is 0 Å². The van der Waals surface area contributed by atoms with Crippen LogP contribution >= 0.6 is 15.9 Å². The van der Waals surface area contributed by atoms with Crippen LogP contribution in [0.1, 0.15) is 25.3 Å². The molecule has 0 aromatic heterocycles. The average Bonchev–Trinajstić information content (AvgIpc) is 2.42. The van der Waals surface area contributed by atoms with Crippen LogP contribution in [-0.2, 0) is 11.2 Å². The van der Waals surface area contributed by atoms with Gasteiger partial charge in [0, 0.05) is 16.4 Å². The molecule has 1 atom stereocenters. The molecule has 2 N–H and O–H groups in total. The van der Waals surface area contributed by atoms with Crippen molar-refractivity contribution in [2.24, 2.45) is 5.92 Å². The van der Waals surface area contributed by atoms with Gasteiger partial charge < -0.3 is 10.6 Å². The first-order valence-electron chi connectivity index (χ1n) is 6.90. The number of hydrogen-bond acceptors (Lipinski definition) is 2. The number of carbonyl (C=O) groups is 1. The summed E-state index contributed by atoms with van der Waals surface area (Å²) in [5, 5.41) is 6.42. The molecule has 2 rings (SSSR count). The Morgan fingerprint density at radius 1 is 1.37 bits per heavy atom. The maximum Gasteiger partial charge on any atom is 0.223 e. The van der Waals surface area contributed by atoms with Crippen molar-refractivity contribution in [3.8, 4) is 0 Å². The van der Waals surface area contributed by atoms with E-state index in [1.54, 1.807) is 0 Å². The lowest BCUT2D eigenvalue weighted by Crippen LogP contribution is -2.42. The fraction of sp³-hybridized carbons (Fsp3) is 0.533. The van der Waals surface area contributed by atoms with Crippen molar-refractivity contribution in [1.82, 2.24) is 10.6 Å². The summed E-state index contributed by atoms with van der Waals surface area (Å²) in [4.78, 5) is 12.1. The van der Waals surface area contributed by atoms with E-state index in [4.69, 9.17) is 0 Å². The van der Waals surface area contributed by atoms with Gasteiger partial charge in [-0.3, -0.25) is 4.79 Å². The van der Waals surface area contributed by atoms with E-state index in [9.17, 15) is 4.79 Å². The molecule has 0 bridgehead atoms. The van der Waals surface area contributed by atoms with Gasteiger partial charge in [0.1, 0.15) is 0 Å². The van der Waals surface area contributed by atoms with E-state index in [0.29, 0.717) is 0 Å². The Kier molecular flexibility index (Phi) is 5.40. The topological polar surface area (TPSA) is 41.1 Å². The fourth-order valence-electron chi connectivity index (χ4n) is 2.47. The van der Waals surface area contributed by atoms with Gasteiger partial charge in [-0.05, 0) is 57.0 Å². The van der Waals surface area contributed by atoms with E-state index in [2.05, 4.69) is 45.6 Å². The molecule has 1 aromatic rings. The second-order valence-corrected chi connectivity index (χ2v) is 6.18. The Hall–Kier alpha value is -0.870. The van der Waals surface area contributed by atoms with E-state index in [1.807, 2.05) is 12.1 Å². The highest BCUT2D eigenvalue weighted by Gasteiger charge is 2.21. The minimum atomic E-state index is 0.184. The van der Waals surface area contributed by atoms with Crippen LogP contribution < -0.4 is 10.6 Å². The lowest BCUT2D eigenvalue weighted by molar-refractivity contribution is -0.126. The van der Waals surface area contributed by atoms with Crippen LogP contribution in [0.2, 0.25) is 0 Å². The molecule has 0 spiro atoms. The van der Waals surface area contributed by atoms with E-state index >= 15 is 0 Å². The average molecular weight is 325 g/mol. The van der Waals surface area contributed by atoms with Crippen LogP contribution in [0.3, 0.4) is 0 Å². The number of amides is 1. The summed E-state index contributed by atoms with van der Waals surface area (Å²) in [7, 11) is 0. The molecular formula is C15H21BrN2O. The second kappa shape index (κ2) is 7.06. The zero-order valence-corrected chi connectivity index (χ0v) is 12.9. The zero-order valence-electron chi connectivity index (χ0n) is 11.3. The number of piperidine rings is 1. The molecule has 3 nitrogen and oxygen atoms in total. The third-order valence-corrected chi connectivity index (χ3v) is 4.08. The van der Waals surface area contributed by atoms with Crippen molar-refractivity contribution in [2.75, 3.05) is 13.1 Å². The Morgan fingerprint density at radius 2 is 2.00 bits per heavy atom. The smallest absolute Gasteiger partial charge is 0.223 e. The van der Waals surface area contributed by atoms with Gasteiger partial charge in [-0.1, -0.05) is 28.1 Å². The maximum atomic E-state index is 12.1. The summed E-state index contributed by atoms with van der Waals surface area (Å²) in [6, 6.07) is 8.45. The zero-order chi connectivity index (χ0) is 13.7. The van der Waals surface area contributed by atoms with E-state index in [1.165, 1.54) is 5.56 Å². The predicted molar refractivity (Wildman–Crippen MR) is 81.0 cm³/mol. The van der Waals surface area contributed by atoms with Gasteiger partial charge in [0.15, 0.2) is 0 Å². The molecule has 0 aliphatic carbocycles. The molecule has 1 fully saturated rings. The van der Waals surface area contributed by atoms with Crippen molar-refractivity contribution in [2.45, 2.75) is 32.2 Å². The maximum absolute atomic E-state index is 12.1. The SMILES string of the molecule is CC(Cc1ccc(Br)cc1)NC(=O)C1CCNCC1. The molecule has 4 heteroatoms. The number of carbonyl (C=O) groups excluding carboxylic acids is 1. The summed E-state index contributed by atoms with van der Waals surface area (Å²) in [5.41, 5.74) is 1.25. The first-order chi connectivity index (χ1) is 9.15. The highest BCUT2D eigenvalue weighted by molar-refractivity contribution is 9.10. The molecule has 1 amide bonds. The molecule has 1 aliphatic heterocycles. The molecule has 0 radical (unpaired) electrons. The normalized spacial score (nSPS) is 18.0. The van der Waals surface area contributed by atoms with E-state index in [-0.39, 0.29) is 17.9 Å². The van der Waals surface area contributed by atoms with Gasteiger partial charge >= 0.3 is 0 Å². The molecule has 1 unspecified atom stereocenters. The molecule has 1 aromatic carbocycles. The van der Waals surface area contributed by atoms with Gasteiger partial charge in [0.25, 0.3) is 0 Å². The third-order valence-electron chi connectivity index (χ3n) is 3.55. The lowest BCUT2D eigenvalue weighted by Gasteiger charge is -2.24. The Morgan fingerprint density at radius 3 is 2.63 bits per heavy atom. The number of nitrogens with one attached hydrogen (secondary N) is 2. The van der Waals surface area contributed by atoms with Crippen LogP contribution in [0, 0.1) is 5.92 Å². The summed E-state index contributed by atoms with van der Waals surface area (Å²) in [6.45, 7) is 3.99. The highest BCUT2D eigenvalue weighted by Crippen LogP contribution is 2.14. The summed E-state index contributed by atoms with van der Waals surface area (Å²) < 4.78 is 1.09. The van der Waals surface area contributed by atoms with Gasteiger partial charge in [0.2, 0.25) is 5.91 Å². The molecule has 104 valence electrons. The van der Waals surface area contributed by atoms with Crippen LogP contribution in [0.4, 0.5) is 0 Å². The van der Waals surface area contributed by atoms with Crippen molar-refractivity contribution in [1.29, 1.82) is 0 Å². The van der Waals surface area contributed by atoms with E-state index in [0.717, 1.165) is 36.8 Å². The minimum Gasteiger partial charge on any atom is -0.353 e. The van der Waals surface area contributed by atoms with Crippen molar-refractivity contribution < 1.29 is 4.79 Å². The first kappa shape index (κ1) is 14.5. The number of hydrogen-bond donors (Lipinski definition) is 2. The quantitative estimate of drug-likeness (QED) is 0.893. The van der Waals surface area contributed by atoms with Crippen molar-refractivity contribution in [3.63, 3.8) is 0 Å². The van der Waals surface area contributed by atoms with Crippen LogP contribution in [0.15, 0.2) is 28.7 Å². The Labute approximate surface area is 123 Å². The van der Waals surface area contributed by atoms with Crippen LogP contribution in [-0.4, -0.2) is 25.0 Å². The standard InChI is InChI=1S/C15H21BrN2O/c1-11(10-12-2-4-14(16)5-3-12)18-15(19)13-6-8-17-9-7-13/h2-5,11,13,17H,6-10H2,1H3,(H,18,19). The minimum absolute atomic E-state index is 0.184. The van der Waals surface area contributed by atoms with Crippen LogP contribution in [0.25, 0.3) is 0 Å². The number of rotatable bonds is 4. The van der Waals surface area contributed by atoms with Gasteiger partial charge in [-0.15, -0.1) is 0 Å². The fourth-order valence-corrected chi connectivity index (χ4v) is 2.73. The molecule has 0 saturated carbocycles. The van der Waals surface area contributed by atoms with Crippen LogP contribution in [0.5, 0.6) is 0 Å². The number of halogens is 1. The lowest BCUT2D eigenvalue weighted by atomic mass is 9.96. The molecular weight excluding hydrogens is 304 g/mol. The van der Waals surface area contributed by atoms with E-state index < -0.39 is 0 Å². The number of benzene rings is 1. The first-order valence-corrected chi connectivity index (χ1v) is 7.70. The highest BCUT2D eigenvalue weighted by atomic mass is 79.9. The monoisotopic (exact) mass is 324 g/mol. The second-order valence-electron chi connectivity index (χ2n) is 5.26. The molecule has 1 aliphatic rings.